The summed E-state index contributed by atoms with van der Waals surface area (Å²) in [5.41, 5.74) is 0.0763. The van der Waals surface area contributed by atoms with Crippen LogP contribution in [-0.2, 0) is 9.47 Å². The Morgan fingerprint density at radius 3 is 2.34 bits per heavy atom. The molecule has 18 atom stereocenters. The maximum atomic E-state index is 11.6. The molecule has 3 heterocycles. The molecule has 234 valence electrons. The van der Waals surface area contributed by atoms with Crippen LogP contribution in [0.25, 0.3) is 0 Å². The Balaban J connectivity index is 1.06. The Morgan fingerprint density at radius 1 is 0.780 bits per heavy atom. The number of nitrogens with zero attached hydrogens (tertiary/aromatic N) is 1. The van der Waals surface area contributed by atoms with E-state index in [1.165, 1.54) is 45.2 Å². The first kappa shape index (κ1) is 29.4. The molecule has 0 bridgehead atoms. The molecule has 0 aromatic heterocycles. The summed E-state index contributed by atoms with van der Waals surface area (Å²) in [6.07, 6.45) is 3.39. The molecule has 3 aliphatic heterocycles. The van der Waals surface area contributed by atoms with Gasteiger partial charge in [-0.1, -0.05) is 20.8 Å². The lowest BCUT2D eigenvalue weighted by Gasteiger charge is -2.57. The van der Waals surface area contributed by atoms with Crippen LogP contribution in [-0.4, -0.2) is 99.1 Å². The number of ether oxygens (including phenoxy) is 2. The van der Waals surface area contributed by atoms with Crippen molar-refractivity contribution in [1.29, 1.82) is 0 Å². The van der Waals surface area contributed by atoms with Gasteiger partial charge in [-0.15, -0.1) is 0 Å². The van der Waals surface area contributed by atoms with Crippen molar-refractivity contribution in [2.24, 2.45) is 58.7 Å². The Labute approximate surface area is 245 Å². The second kappa shape index (κ2) is 10.9. The Morgan fingerprint density at radius 2 is 1.56 bits per heavy atom. The van der Waals surface area contributed by atoms with E-state index in [1.54, 1.807) is 0 Å². The monoisotopic (exact) mass is 577 g/mol. The van der Waals surface area contributed by atoms with Gasteiger partial charge in [0, 0.05) is 19.1 Å². The summed E-state index contributed by atoms with van der Waals surface area (Å²) in [6.45, 7) is 9.55. The van der Waals surface area contributed by atoms with Crippen molar-refractivity contribution in [3.63, 3.8) is 0 Å². The Kier molecular flexibility index (Phi) is 7.84. The van der Waals surface area contributed by atoms with Crippen LogP contribution in [0, 0.1) is 58.7 Å². The van der Waals surface area contributed by atoms with Crippen LogP contribution in [0.2, 0.25) is 0 Å². The molecular weight excluding hydrogens is 522 g/mol. The van der Waals surface area contributed by atoms with E-state index in [0.29, 0.717) is 18.3 Å². The molecular formula is C33H55NO7. The van der Waals surface area contributed by atoms with Gasteiger partial charge in [0.1, 0.15) is 24.4 Å². The quantitative estimate of drug-likeness (QED) is 0.324. The SMILES string of the molecule is C[C@H]1CC[C@@H]2[C@@H](C)[C@@H]3CC[C@@H]4[C@@H](C[C@H]5[C@H]4C[C@@H](O)[C@H]4C[C@@H](O[C@@H]6O[C@H](CO)[C@@H](O)[C@H](O)[C@H]6O)CC[C@@]45C)[C@@H]3CN2C1. The maximum Gasteiger partial charge on any atom is 0.186 e. The topological polar surface area (TPSA) is 123 Å². The third kappa shape index (κ3) is 4.68. The van der Waals surface area contributed by atoms with Gasteiger partial charge in [0.2, 0.25) is 0 Å². The van der Waals surface area contributed by atoms with Gasteiger partial charge in [0.05, 0.1) is 18.8 Å². The molecule has 7 rings (SSSR count). The van der Waals surface area contributed by atoms with Crippen molar-refractivity contribution in [1.82, 2.24) is 4.90 Å². The molecule has 5 N–H and O–H groups in total. The number of rotatable bonds is 3. The van der Waals surface area contributed by atoms with Gasteiger partial charge in [-0.05, 0) is 116 Å². The van der Waals surface area contributed by atoms with Crippen LogP contribution in [0.5, 0.6) is 0 Å². The lowest BCUT2D eigenvalue weighted by Crippen LogP contribution is -2.60. The fraction of sp³-hybridized carbons (Fsp3) is 1.00. The fourth-order valence-corrected chi connectivity index (χ4v) is 12.1. The van der Waals surface area contributed by atoms with Crippen molar-refractivity contribution in [3.05, 3.63) is 0 Å². The van der Waals surface area contributed by atoms with Gasteiger partial charge >= 0.3 is 0 Å². The van der Waals surface area contributed by atoms with Crippen LogP contribution < -0.4 is 0 Å². The summed E-state index contributed by atoms with van der Waals surface area (Å²) in [5, 5.41) is 52.1. The van der Waals surface area contributed by atoms with Crippen LogP contribution in [0.1, 0.15) is 78.6 Å². The van der Waals surface area contributed by atoms with Gasteiger partial charge < -0.3 is 35.0 Å². The molecule has 0 radical (unpaired) electrons. The molecule has 7 fully saturated rings. The first-order valence-corrected chi connectivity index (χ1v) is 17.0. The molecule has 4 aliphatic carbocycles. The highest BCUT2D eigenvalue weighted by Gasteiger charge is 2.63. The van der Waals surface area contributed by atoms with Crippen LogP contribution >= 0.6 is 0 Å². The molecule has 0 aromatic carbocycles. The van der Waals surface area contributed by atoms with E-state index in [4.69, 9.17) is 9.47 Å². The van der Waals surface area contributed by atoms with Crippen LogP contribution in [0.3, 0.4) is 0 Å². The van der Waals surface area contributed by atoms with E-state index in [9.17, 15) is 25.5 Å². The smallest absolute Gasteiger partial charge is 0.186 e. The highest BCUT2D eigenvalue weighted by atomic mass is 16.7. The van der Waals surface area contributed by atoms with Crippen molar-refractivity contribution < 1.29 is 35.0 Å². The second-order valence-corrected chi connectivity index (χ2v) is 15.9. The Hall–Kier alpha value is -0.320. The average Bonchev–Trinajstić information content (AvgIpc) is 3.34. The highest BCUT2D eigenvalue weighted by Crippen LogP contribution is 2.67. The average molecular weight is 578 g/mol. The molecule has 0 amide bonds. The normalized spacial score (nSPS) is 59.0. The summed E-state index contributed by atoms with van der Waals surface area (Å²) >= 11 is 0. The van der Waals surface area contributed by atoms with Crippen molar-refractivity contribution in [2.75, 3.05) is 19.7 Å². The molecule has 41 heavy (non-hydrogen) atoms. The highest BCUT2D eigenvalue weighted by molar-refractivity contribution is 5.12. The minimum atomic E-state index is -1.43. The van der Waals surface area contributed by atoms with Gasteiger partial charge in [0.25, 0.3) is 0 Å². The number of hydrogen-bond donors (Lipinski definition) is 5. The van der Waals surface area contributed by atoms with E-state index in [2.05, 4.69) is 25.7 Å². The summed E-state index contributed by atoms with van der Waals surface area (Å²) in [7, 11) is 0. The third-order valence-electron chi connectivity index (χ3n) is 14.1. The molecule has 3 saturated heterocycles. The summed E-state index contributed by atoms with van der Waals surface area (Å²) < 4.78 is 11.9. The summed E-state index contributed by atoms with van der Waals surface area (Å²) in [5.74, 6) is 6.23. The predicted molar refractivity (Wildman–Crippen MR) is 152 cm³/mol. The zero-order valence-electron chi connectivity index (χ0n) is 25.3. The number of aliphatic hydroxyl groups is 5. The molecule has 7 aliphatic rings. The van der Waals surface area contributed by atoms with Gasteiger partial charge in [-0.3, -0.25) is 4.90 Å². The zero-order chi connectivity index (χ0) is 28.8. The third-order valence-corrected chi connectivity index (χ3v) is 14.1. The standard InChI is InChI=1S/C33H55NO7/c1-16-4-7-26-17(2)19-5-6-20-21(23(19)14-34(26)13-16)11-24-22(20)12-27(36)25-10-18(8-9-33(24,25)3)40-32-31(39)30(38)29(37)28(15-35)41-32/h16-32,35-39H,4-15H2,1-3H3/t16-,17-,18-,19-,20+,21+,22-,23+,24-,25+,26+,27+,28+,29+,30-,31+,32+,33+/m0/s1. The number of fused-ring (bicyclic) bond motifs is 8. The zero-order valence-corrected chi connectivity index (χ0v) is 25.3. The van der Waals surface area contributed by atoms with Crippen LogP contribution in [0.4, 0.5) is 0 Å². The van der Waals surface area contributed by atoms with Gasteiger partial charge in [-0.2, -0.15) is 0 Å². The molecule has 0 spiro atoms. The summed E-state index contributed by atoms with van der Waals surface area (Å²) in [4.78, 5) is 2.88. The lowest BCUT2D eigenvalue weighted by molar-refractivity contribution is -0.317. The molecule has 8 nitrogen and oxygen atoms in total. The maximum absolute atomic E-state index is 11.6. The fourth-order valence-electron chi connectivity index (χ4n) is 12.1. The first-order valence-electron chi connectivity index (χ1n) is 17.0. The van der Waals surface area contributed by atoms with Crippen LogP contribution in [0.15, 0.2) is 0 Å². The van der Waals surface area contributed by atoms with Crippen molar-refractivity contribution in [2.45, 2.75) is 128 Å². The van der Waals surface area contributed by atoms with Crippen molar-refractivity contribution >= 4 is 0 Å². The van der Waals surface area contributed by atoms with E-state index < -0.39 is 37.3 Å². The minimum absolute atomic E-state index is 0.0763. The van der Waals surface area contributed by atoms with E-state index in [0.717, 1.165) is 60.8 Å². The number of piperidine rings is 2. The first-order chi connectivity index (χ1) is 19.6. The van der Waals surface area contributed by atoms with Crippen molar-refractivity contribution in [3.8, 4) is 0 Å². The van der Waals surface area contributed by atoms with Gasteiger partial charge in [0.15, 0.2) is 6.29 Å². The number of aliphatic hydroxyl groups excluding tert-OH is 5. The molecule has 0 aromatic rings. The van der Waals surface area contributed by atoms with E-state index in [-0.39, 0.29) is 23.5 Å². The molecule has 4 saturated carbocycles. The number of hydrogen-bond acceptors (Lipinski definition) is 8. The Bertz CT molecular complexity index is 949. The summed E-state index contributed by atoms with van der Waals surface area (Å²) in [6, 6.07) is 0.787. The second-order valence-electron chi connectivity index (χ2n) is 15.9. The van der Waals surface area contributed by atoms with Gasteiger partial charge in [-0.25, -0.2) is 0 Å². The molecule has 0 unspecified atom stereocenters. The van der Waals surface area contributed by atoms with E-state index in [1.807, 2.05) is 0 Å². The molecule has 8 heteroatoms. The lowest BCUT2D eigenvalue weighted by atomic mass is 9.51. The minimum Gasteiger partial charge on any atom is -0.394 e. The predicted octanol–water partition coefficient (Wildman–Crippen LogP) is 2.39. The van der Waals surface area contributed by atoms with E-state index >= 15 is 0 Å². The largest absolute Gasteiger partial charge is 0.394 e.